The Morgan fingerprint density at radius 3 is 2.69 bits per heavy atom. The van der Waals surface area contributed by atoms with Crippen molar-refractivity contribution in [2.24, 2.45) is 0 Å². The lowest BCUT2D eigenvalue weighted by molar-refractivity contribution is -0.134. The number of benzene rings is 1. The molecule has 0 fully saturated rings. The van der Waals surface area contributed by atoms with Crippen molar-refractivity contribution in [3.8, 4) is 5.75 Å². The zero-order valence-corrected chi connectivity index (χ0v) is 19.7. The number of aromatic nitrogens is 4. The van der Waals surface area contributed by atoms with Crippen LogP contribution in [-0.2, 0) is 34.5 Å². The van der Waals surface area contributed by atoms with Gasteiger partial charge in [0.15, 0.2) is 0 Å². The summed E-state index contributed by atoms with van der Waals surface area (Å²) >= 11 is 0. The molecule has 35 heavy (non-hydrogen) atoms. The quantitative estimate of drug-likeness (QED) is 0.444. The first kappa shape index (κ1) is 24.8. The van der Waals surface area contributed by atoms with Crippen molar-refractivity contribution >= 4 is 15.9 Å². The molecule has 1 amide bonds. The smallest absolute Gasteiger partial charge is 0.286 e. The van der Waals surface area contributed by atoms with Crippen LogP contribution in [0.5, 0.6) is 5.75 Å². The number of amides is 1. The molecule has 0 aliphatic carbocycles. The number of fused-ring (bicyclic) bond motifs is 1. The highest BCUT2D eigenvalue weighted by Crippen LogP contribution is 2.31. The molecule has 0 radical (unpaired) electrons. The van der Waals surface area contributed by atoms with Crippen molar-refractivity contribution in [1.29, 1.82) is 0 Å². The molecule has 0 saturated carbocycles. The lowest BCUT2D eigenvalue weighted by atomic mass is 9.97. The molecule has 0 unspecified atom stereocenters. The maximum Gasteiger partial charge on any atom is 0.286 e. The van der Waals surface area contributed by atoms with E-state index in [1.54, 1.807) is 24.3 Å². The van der Waals surface area contributed by atoms with E-state index in [-0.39, 0.29) is 23.9 Å². The van der Waals surface area contributed by atoms with Gasteiger partial charge in [0.25, 0.3) is 16.4 Å². The summed E-state index contributed by atoms with van der Waals surface area (Å²) in [5.74, 6) is -0.647. The van der Waals surface area contributed by atoms with Gasteiger partial charge in [-0.2, -0.15) is 22.7 Å². The van der Waals surface area contributed by atoms with E-state index in [2.05, 4.69) is 10.2 Å². The van der Waals surface area contributed by atoms with Crippen LogP contribution in [0.25, 0.3) is 0 Å². The molecule has 3 heterocycles. The molecule has 3 aromatic rings. The Bertz CT molecular complexity index is 1280. The summed E-state index contributed by atoms with van der Waals surface area (Å²) in [7, 11) is -4.13. The number of hydrogen-bond donors (Lipinski definition) is 1. The fourth-order valence-corrected chi connectivity index (χ4v) is 5.00. The van der Waals surface area contributed by atoms with E-state index in [9.17, 15) is 27.1 Å². The van der Waals surface area contributed by atoms with Crippen molar-refractivity contribution in [3.63, 3.8) is 0 Å². The first-order valence-electron chi connectivity index (χ1n) is 11.0. The van der Waals surface area contributed by atoms with E-state index in [0.29, 0.717) is 29.2 Å². The second-order valence-corrected chi connectivity index (χ2v) is 9.88. The first-order valence-corrected chi connectivity index (χ1v) is 12.4. The average molecular weight is 510 g/mol. The molecule has 0 saturated heterocycles. The number of para-hydroxylation sites is 1. The van der Waals surface area contributed by atoms with E-state index in [0.717, 1.165) is 27.6 Å². The van der Waals surface area contributed by atoms with Crippen LogP contribution in [0.2, 0.25) is 0 Å². The van der Waals surface area contributed by atoms with Gasteiger partial charge in [-0.15, -0.1) is 0 Å². The van der Waals surface area contributed by atoms with Gasteiger partial charge < -0.3 is 14.7 Å². The minimum atomic E-state index is -4.13. The predicted octanol–water partition coefficient (Wildman–Crippen LogP) is 1.99. The Hall–Kier alpha value is -3.32. The predicted molar refractivity (Wildman–Crippen MR) is 119 cm³/mol. The van der Waals surface area contributed by atoms with Crippen molar-refractivity contribution in [2.75, 3.05) is 13.2 Å². The number of aliphatic hydroxyl groups is 1. The number of nitrogens with zero attached hydrogens (tertiary/aromatic N) is 5. The lowest BCUT2D eigenvalue weighted by Crippen LogP contribution is -2.33. The van der Waals surface area contributed by atoms with Gasteiger partial charge in [-0.1, -0.05) is 25.1 Å². The molecule has 1 aliphatic heterocycles. The molecule has 2 aromatic heterocycles. The minimum Gasteiger partial charge on any atom is -0.493 e. The number of hydrogen-bond acceptors (Lipinski definition) is 7. The van der Waals surface area contributed by atoms with Crippen molar-refractivity contribution in [3.05, 3.63) is 59.7 Å². The topological polar surface area (TPSA) is 120 Å². The molecule has 13 heteroatoms. The number of rotatable bonds is 10. The zero-order chi connectivity index (χ0) is 25.2. The monoisotopic (exact) mass is 509 g/mol. The summed E-state index contributed by atoms with van der Waals surface area (Å²) in [4.78, 5) is 14.5. The molecule has 4 rings (SSSR count). The van der Waals surface area contributed by atoms with Crippen molar-refractivity contribution in [1.82, 2.24) is 23.9 Å². The summed E-state index contributed by atoms with van der Waals surface area (Å²) < 4.78 is 58.1. The fourth-order valence-electron chi connectivity index (χ4n) is 3.88. The van der Waals surface area contributed by atoms with E-state index in [1.165, 1.54) is 11.1 Å². The van der Waals surface area contributed by atoms with Gasteiger partial charge in [0.05, 0.1) is 37.6 Å². The van der Waals surface area contributed by atoms with Crippen LogP contribution in [0.3, 0.4) is 0 Å². The highest BCUT2D eigenvalue weighted by Gasteiger charge is 2.34. The molecular formula is C22H25F2N5O5S. The van der Waals surface area contributed by atoms with Crippen LogP contribution in [-0.4, -0.2) is 62.9 Å². The van der Waals surface area contributed by atoms with Gasteiger partial charge in [-0.25, -0.2) is 8.78 Å². The van der Waals surface area contributed by atoms with Gasteiger partial charge in [0.1, 0.15) is 17.2 Å². The number of ether oxygens (including phenoxy) is 1. The third-order valence-electron chi connectivity index (χ3n) is 5.59. The van der Waals surface area contributed by atoms with Crippen LogP contribution in [0.15, 0.2) is 47.8 Å². The van der Waals surface area contributed by atoms with Crippen LogP contribution in [0.1, 0.15) is 36.1 Å². The molecule has 1 N–H and O–H groups in total. The Morgan fingerprint density at radius 2 is 2.00 bits per heavy atom. The summed E-state index contributed by atoms with van der Waals surface area (Å²) in [5.41, 5.74) is 1.51. The maximum absolute atomic E-state index is 13.2. The number of carbonyl (C=O) groups is 1. The number of carbonyl (C=O) groups excluding carboxylic acids is 1. The van der Waals surface area contributed by atoms with Crippen LogP contribution < -0.4 is 4.74 Å². The molecule has 188 valence electrons. The lowest BCUT2D eigenvalue weighted by Gasteiger charge is -2.23. The Morgan fingerprint density at radius 1 is 1.23 bits per heavy atom. The van der Waals surface area contributed by atoms with Gasteiger partial charge >= 0.3 is 0 Å². The maximum atomic E-state index is 13.2. The van der Waals surface area contributed by atoms with Crippen LogP contribution >= 0.6 is 0 Å². The van der Waals surface area contributed by atoms with Gasteiger partial charge in [-0.05, 0) is 12.5 Å². The zero-order valence-electron chi connectivity index (χ0n) is 18.9. The first-order chi connectivity index (χ1) is 16.7. The third-order valence-corrected chi connectivity index (χ3v) is 7.07. The Labute approximate surface area is 200 Å². The second-order valence-electron chi connectivity index (χ2n) is 8.08. The number of halogens is 2. The second kappa shape index (κ2) is 10.1. The largest absolute Gasteiger partial charge is 0.493 e. The van der Waals surface area contributed by atoms with E-state index in [4.69, 9.17) is 4.74 Å². The summed E-state index contributed by atoms with van der Waals surface area (Å²) in [6, 6.07) is 7.04. The molecule has 0 bridgehead atoms. The minimum absolute atomic E-state index is 0.0653. The molecule has 10 nitrogen and oxygen atoms in total. The summed E-state index contributed by atoms with van der Waals surface area (Å²) in [6.45, 7) is 1.48. The van der Waals surface area contributed by atoms with Crippen molar-refractivity contribution in [2.45, 2.75) is 50.2 Å². The molecule has 0 spiro atoms. The van der Waals surface area contributed by atoms with E-state index in [1.807, 2.05) is 6.92 Å². The van der Waals surface area contributed by atoms with Gasteiger partial charge in [-0.3, -0.25) is 9.48 Å². The molecule has 1 aromatic carbocycles. The highest BCUT2D eigenvalue weighted by molar-refractivity contribution is 7.89. The Balaban J connectivity index is 1.50. The third kappa shape index (κ3) is 5.05. The van der Waals surface area contributed by atoms with E-state index < -0.39 is 35.5 Å². The van der Waals surface area contributed by atoms with E-state index >= 15 is 0 Å². The molecular weight excluding hydrogens is 484 g/mol. The molecule has 1 aliphatic rings. The fraction of sp³-hybridized carbons (Fsp3) is 0.409. The average Bonchev–Trinajstić information content (AvgIpc) is 3.54. The Kier molecular flexibility index (Phi) is 7.17. The van der Waals surface area contributed by atoms with Crippen LogP contribution in [0.4, 0.5) is 8.78 Å². The highest BCUT2D eigenvalue weighted by atomic mass is 32.2. The van der Waals surface area contributed by atoms with Gasteiger partial charge in [0.2, 0.25) is 5.91 Å². The summed E-state index contributed by atoms with van der Waals surface area (Å²) in [6.07, 6.45) is 1.43. The van der Waals surface area contributed by atoms with Crippen molar-refractivity contribution < 1.29 is 31.8 Å². The summed E-state index contributed by atoms with van der Waals surface area (Å²) in [5, 5.41) is 17.8. The number of alkyl halides is 2. The van der Waals surface area contributed by atoms with Gasteiger partial charge in [0, 0.05) is 30.1 Å². The normalized spacial score (nSPS) is 14.4. The molecule has 1 atom stereocenters. The number of aliphatic hydroxyl groups excluding tert-OH is 1. The van der Waals surface area contributed by atoms with Crippen LogP contribution in [0, 0.1) is 0 Å². The SMILES string of the molecule is CCCOc1ccccc1[C@H](CO)C(=O)N1Cc2cn(S(=O)(=O)c3cnn(CC(F)F)c3)nc2C1. The standard InChI is InChI=1S/C22H25F2N5O5S/c1-2-7-34-20-6-4-3-5-17(20)18(14-30)22(31)27-9-15-10-29(26-19(15)12-27)35(32,33)16-8-25-28(11-16)13-21(23)24/h3-6,8,10-11,18,21,30H,2,7,9,12-14H2,1H3/t18-/m0/s1.